The highest BCUT2D eigenvalue weighted by molar-refractivity contribution is 7.45. The van der Waals surface area contributed by atoms with Gasteiger partial charge in [-0.3, -0.25) is 14.2 Å². The van der Waals surface area contributed by atoms with E-state index >= 15 is 0 Å². The van der Waals surface area contributed by atoms with Gasteiger partial charge in [-0.15, -0.1) is 0 Å². The maximum Gasteiger partial charge on any atom is 0.306 e. The van der Waals surface area contributed by atoms with Crippen molar-refractivity contribution < 1.29 is 42.1 Å². The molecule has 0 radical (unpaired) electrons. The standard InChI is InChI=1S/C38H74NO8P/c1-6-8-10-12-14-16-18-19-21-22-24-26-28-30-37(40)44-34-36(35-46-48(42,43)45-33-32-39(3,4)5)47-38(41)31-29-27-25-23-20-17-15-13-11-9-7-2/h16,18,36H,6-15,17,19-35H2,1-5H3/b18-16+/t36-/m1/s1. The van der Waals surface area contributed by atoms with Gasteiger partial charge in [-0.25, -0.2) is 0 Å². The summed E-state index contributed by atoms with van der Waals surface area (Å²) in [7, 11) is 1.17. The van der Waals surface area contributed by atoms with E-state index in [0.717, 1.165) is 51.4 Å². The molecular formula is C38H74NO8P. The first-order valence-corrected chi connectivity index (χ1v) is 20.9. The van der Waals surface area contributed by atoms with Crippen LogP contribution in [0.15, 0.2) is 12.2 Å². The van der Waals surface area contributed by atoms with Crippen LogP contribution in [0.25, 0.3) is 0 Å². The fourth-order valence-corrected chi connectivity index (χ4v) is 5.91. The minimum atomic E-state index is -4.61. The lowest BCUT2D eigenvalue weighted by atomic mass is 10.1. The zero-order chi connectivity index (χ0) is 35.8. The molecule has 0 heterocycles. The van der Waals surface area contributed by atoms with Gasteiger partial charge in [0.25, 0.3) is 7.82 Å². The molecule has 0 amide bonds. The molecule has 0 aliphatic carbocycles. The molecule has 0 aliphatic heterocycles. The largest absolute Gasteiger partial charge is 0.756 e. The minimum absolute atomic E-state index is 0.0294. The number of likely N-dealkylation sites (N-methyl/N-ethyl adjacent to an activating group) is 1. The van der Waals surface area contributed by atoms with Crippen LogP contribution >= 0.6 is 7.82 Å². The van der Waals surface area contributed by atoms with E-state index < -0.39 is 32.5 Å². The van der Waals surface area contributed by atoms with Crippen molar-refractivity contribution in [1.29, 1.82) is 0 Å². The molecule has 0 spiro atoms. The fraction of sp³-hybridized carbons (Fsp3) is 0.895. The van der Waals surface area contributed by atoms with E-state index in [-0.39, 0.29) is 26.1 Å². The molecule has 0 rings (SSSR count). The molecule has 0 saturated carbocycles. The third-order valence-corrected chi connectivity index (χ3v) is 9.25. The molecule has 1 unspecified atom stereocenters. The van der Waals surface area contributed by atoms with Crippen LogP contribution in [-0.2, 0) is 32.7 Å². The average Bonchev–Trinajstić information content (AvgIpc) is 3.02. The van der Waals surface area contributed by atoms with Crippen molar-refractivity contribution in [2.75, 3.05) is 47.5 Å². The van der Waals surface area contributed by atoms with Crippen molar-refractivity contribution in [3.05, 3.63) is 12.2 Å². The summed E-state index contributed by atoms with van der Waals surface area (Å²) in [5.41, 5.74) is 0. The summed E-state index contributed by atoms with van der Waals surface area (Å²) in [5.74, 6) is -0.842. The maximum absolute atomic E-state index is 12.6. The summed E-state index contributed by atoms with van der Waals surface area (Å²) < 4.78 is 33.7. The first-order chi connectivity index (χ1) is 23.0. The number of hydrogen-bond acceptors (Lipinski definition) is 8. The van der Waals surface area contributed by atoms with Crippen molar-refractivity contribution in [2.45, 2.75) is 174 Å². The summed E-state index contributed by atoms with van der Waals surface area (Å²) in [4.78, 5) is 37.3. The number of carbonyl (C=O) groups is 2. The molecule has 0 saturated heterocycles. The number of hydrogen-bond donors (Lipinski definition) is 0. The van der Waals surface area contributed by atoms with Gasteiger partial charge in [-0.1, -0.05) is 129 Å². The number of phosphoric ester groups is 1. The van der Waals surface area contributed by atoms with E-state index in [0.29, 0.717) is 17.4 Å². The first kappa shape index (κ1) is 46.8. The van der Waals surface area contributed by atoms with Gasteiger partial charge in [0.05, 0.1) is 27.7 Å². The molecule has 0 aromatic rings. The lowest BCUT2D eigenvalue weighted by molar-refractivity contribution is -0.870. The predicted molar refractivity (Wildman–Crippen MR) is 195 cm³/mol. The van der Waals surface area contributed by atoms with E-state index in [1.54, 1.807) is 0 Å². The summed E-state index contributed by atoms with van der Waals surface area (Å²) >= 11 is 0. The van der Waals surface area contributed by atoms with Gasteiger partial charge >= 0.3 is 11.9 Å². The van der Waals surface area contributed by atoms with Gasteiger partial charge in [-0.05, 0) is 38.5 Å². The van der Waals surface area contributed by atoms with E-state index in [9.17, 15) is 19.0 Å². The Hall–Kier alpha value is -1.25. The normalized spacial score (nSPS) is 13.9. The topological polar surface area (TPSA) is 111 Å². The van der Waals surface area contributed by atoms with Crippen LogP contribution in [0.4, 0.5) is 0 Å². The molecule has 0 bridgehead atoms. The lowest BCUT2D eigenvalue weighted by Gasteiger charge is -2.28. The number of esters is 2. The van der Waals surface area contributed by atoms with E-state index in [2.05, 4.69) is 26.0 Å². The predicted octanol–water partition coefficient (Wildman–Crippen LogP) is 9.61. The molecule has 0 fully saturated rings. The van der Waals surface area contributed by atoms with Gasteiger partial charge in [-0.2, -0.15) is 0 Å². The lowest BCUT2D eigenvalue weighted by Crippen LogP contribution is -2.37. The first-order valence-electron chi connectivity index (χ1n) is 19.4. The molecule has 0 aliphatic rings. The quantitative estimate of drug-likeness (QED) is 0.0211. The Labute approximate surface area is 295 Å². The molecule has 284 valence electrons. The van der Waals surface area contributed by atoms with Gasteiger partial charge in [0.2, 0.25) is 0 Å². The van der Waals surface area contributed by atoms with Gasteiger partial charge < -0.3 is 27.9 Å². The van der Waals surface area contributed by atoms with Crippen LogP contribution in [-0.4, -0.2) is 70.0 Å². The Morgan fingerprint density at radius 2 is 1.06 bits per heavy atom. The molecule has 2 atom stereocenters. The summed E-state index contributed by atoms with van der Waals surface area (Å²) in [6, 6.07) is 0. The van der Waals surface area contributed by atoms with Crippen LogP contribution in [0, 0.1) is 0 Å². The van der Waals surface area contributed by atoms with Crippen LogP contribution in [0.3, 0.4) is 0 Å². The number of nitrogens with zero attached hydrogens (tertiary/aromatic N) is 1. The SMILES string of the molecule is CCCCCC/C=C/CCCCCCCC(=O)OC[C@H](COP(=O)([O-])OCC[N+](C)(C)C)OC(=O)CCCCCCCCCCCCC. The highest BCUT2D eigenvalue weighted by Crippen LogP contribution is 2.38. The van der Waals surface area contributed by atoms with Gasteiger partial charge in [0.15, 0.2) is 6.10 Å². The number of quaternary nitrogens is 1. The second-order valence-electron chi connectivity index (χ2n) is 14.3. The van der Waals surface area contributed by atoms with E-state index in [1.807, 2.05) is 21.1 Å². The van der Waals surface area contributed by atoms with Crippen LogP contribution in [0.5, 0.6) is 0 Å². The fourth-order valence-electron chi connectivity index (χ4n) is 5.18. The Morgan fingerprint density at radius 3 is 1.56 bits per heavy atom. The summed E-state index contributed by atoms with van der Waals surface area (Å²) in [6.45, 7) is 4.18. The zero-order valence-corrected chi connectivity index (χ0v) is 32.6. The smallest absolute Gasteiger partial charge is 0.306 e. The van der Waals surface area contributed by atoms with Crippen LogP contribution in [0.1, 0.15) is 168 Å². The average molecular weight is 704 g/mol. The number of unbranched alkanes of at least 4 members (excludes halogenated alkanes) is 19. The van der Waals surface area contributed by atoms with Crippen molar-refractivity contribution in [1.82, 2.24) is 0 Å². The van der Waals surface area contributed by atoms with Gasteiger partial charge in [0.1, 0.15) is 19.8 Å². The molecule has 0 aromatic carbocycles. The minimum Gasteiger partial charge on any atom is -0.756 e. The molecule has 9 nitrogen and oxygen atoms in total. The molecule has 0 aromatic heterocycles. The van der Waals surface area contributed by atoms with Crippen molar-refractivity contribution in [3.63, 3.8) is 0 Å². The number of carbonyl (C=O) groups excluding carboxylic acids is 2. The molecular weight excluding hydrogens is 629 g/mol. The number of ether oxygens (including phenoxy) is 2. The Kier molecular flexibility index (Phi) is 30.9. The Balaban J connectivity index is 4.43. The van der Waals surface area contributed by atoms with E-state index in [1.165, 1.54) is 83.5 Å². The second-order valence-corrected chi connectivity index (χ2v) is 15.7. The molecule has 48 heavy (non-hydrogen) atoms. The van der Waals surface area contributed by atoms with Gasteiger partial charge in [0, 0.05) is 12.8 Å². The number of phosphoric acid groups is 1. The van der Waals surface area contributed by atoms with Crippen molar-refractivity contribution in [2.24, 2.45) is 0 Å². The third-order valence-electron chi connectivity index (χ3n) is 8.29. The monoisotopic (exact) mass is 704 g/mol. The number of rotatable bonds is 35. The molecule has 0 N–H and O–H groups in total. The maximum atomic E-state index is 12.6. The molecule has 10 heteroatoms. The highest BCUT2D eigenvalue weighted by atomic mass is 31.2. The Morgan fingerprint density at radius 1 is 0.625 bits per heavy atom. The number of allylic oxidation sites excluding steroid dienone is 2. The zero-order valence-electron chi connectivity index (χ0n) is 31.7. The second kappa shape index (κ2) is 31.7. The summed E-state index contributed by atoms with van der Waals surface area (Å²) in [5, 5.41) is 0. The highest BCUT2D eigenvalue weighted by Gasteiger charge is 2.21. The summed E-state index contributed by atoms with van der Waals surface area (Å²) in [6.07, 6.45) is 29.5. The van der Waals surface area contributed by atoms with Crippen molar-refractivity contribution in [3.8, 4) is 0 Å². The third kappa shape index (κ3) is 34.6. The Bertz CT molecular complexity index is 845. The van der Waals surface area contributed by atoms with Crippen LogP contribution < -0.4 is 4.89 Å². The van der Waals surface area contributed by atoms with E-state index in [4.69, 9.17) is 18.5 Å². The van der Waals surface area contributed by atoms with Crippen molar-refractivity contribution >= 4 is 19.8 Å². The van der Waals surface area contributed by atoms with Crippen LogP contribution in [0.2, 0.25) is 0 Å².